The number of allylic oxidation sites excluding steroid dienone is 2. The van der Waals surface area contributed by atoms with Crippen molar-refractivity contribution >= 4 is 17.6 Å². The van der Waals surface area contributed by atoms with Crippen molar-refractivity contribution in [1.29, 1.82) is 0 Å². The summed E-state index contributed by atoms with van der Waals surface area (Å²) in [7, 11) is 3.95. The van der Waals surface area contributed by atoms with Gasteiger partial charge >= 0.3 is 11.9 Å². The highest BCUT2D eigenvalue weighted by Crippen LogP contribution is 2.43. The predicted molar refractivity (Wildman–Crippen MR) is 128 cm³/mol. The summed E-state index contributed by atoms with van der Waals surface area (Å²) in [5.74, 6) is 0.949. The van der Waals surface area contributed by atoms with Crippen LogP contribution in [-0.2, 0) is 14.3 Å². The number of nitrogens with zero attached hydrogens (tertiary/aromatic N) is 1. The molecule has 32 heavy (non-hydrogen) atoms. The van der Waals surface area contributed by atoms with Crippen LogP contribution in [0.4, 0.5) is 5.69 Å². The summed E-state index contributed by atoms with van der Waals surface area (Å²) in [5.41, 5.74) is 1.67. The van der Waals surface area contributed by atoms with Crippen LogP contribution < -0.4 is 4.90 Å². The third-order valence-corrected chi connectivity index (χ3v) is 6.72. The van der Waals surface area contributed by atoms with Crippen molar-refractivity contribution in [3.8, 4) is 0 Å². The van der Waals surface area contributed by atoms with Crippen molar-refractivity contribution in [2.24, 2.45) is 17.8 Å². The molecule has 1 saturated carbocycles. The van der Waals surface area contributed by atoms with Crippen LogP contribution in [0.15, 0.2) is 36.4 Å². The zero-order valence-corrected chi connectivity index (χ0v) is 19.8. The Morgan fingerprint density at radius 1 is 0.812 bits per heavy atom. The van der Waals surface area contributed by atoms with Gasteiger partial charge in [0.05, 0.1) is 24.7 Å². The number of carbonyl (C=O) groups is 2. The Labute approximate surface area is 193 Å². The first-order valence-electron chi connectivity index (χ1n) is 12.3. The van der Waals surface area contributed by atoms with Gasteiger partial charge in [0, 0.05) is 19.8 Å². The number of unbranched alkanes of at least 4 members (excludes halogenated alkanes) is 7. The fraction of sp³-hybridized carbons (Fsp3) is 0.630. The molecule has 1 aromatic carbocycles. The molecule has 0 N–H and O–H groups in total. The van der Waals surface area contributed by atoms with Crippen LogP contribution in [0.5, 0.6) is 0 Å². The van der Waals surface area contributed by atoms with Gasteiger partial charge in [-0.3, -0.25) is 4.79 Å². The minimum atomic E-state index is -0.243. The molecular formula is C27H39NO4. The van der Waals surface area contributed by atoms with Gasteiger partial charge in [-0.15, -0.1) is 0 Å². The minimum Gasteiger partial charge on any atom is -0.465 e. The van der Waals surface area contributed by atoms with Gasteiger partial charge in [-0.2, -0.15) is 0 Å². The van der Waals surface area contributed by atoms with Crippen LogP contribution in [0, 0.1) is 17.8 Å². The van der Waals surface area contributed by atoms with Gasteiger partial charge in [0.25, 0.3) is 0 Å². The molecule has 5 heteroatoms. The van der Waals surface area contributed by atoms with E-state index >= 15 is 0 Å². The van der Waals surface area contributed by atoms with E-state index in [-0.39, 0.29) is 17.9 Å². The quantitative estimate of drug-likeness (QED) is 0.208. The molecule has 0 saturated heterocycles. The zero-order chi connectivity index (χ0) is 22.8. The molecule has 2 aliphatic carbocycles. The Hall–Kier alpha value is -2.30. The maximum absolute atomic E-state index is 12.2. The predicted octanol–water partition coefficient (Wildman–Crippen LogP) is 5.79. The summed E-state index contributed by atoms with van der Waals surface area (Å²) in [4.78, 5) is 26.2. The Balaban J connectivity index is 1.10. The lowest BCUT2D eigenvalue weighted by Crippen LogP contribution is -2.21. The lowest BCUT2D eigenvalue weighted by molar-refractivity contribution is -0.149. The summed E-state index contributed by atoms with van der Waals surface area (Å²) < 4.78 is 10.9. The van der Waals surface area contributed by atoms with Crippen LogP contribution in [0.25, 0.3) is 0 Å². The molecule has 176 valence electrons. The van der Waals surface area contributed by atoms with E-state index in [0.29, 0.717) is 30.6 Å². The van der Waals surface area contributed by atoms with E-state index in [0.717, 1.165) is 44.2 Å². The first-order valence-corrected chi connectivity index (χ1v) is 12.3. The highest BCUT2D eigenvalue weighted by molar-refractivity contribution is 5.89. The third kappa shape index (κ3) is 7.39. The van der Waals surface area contributed by atoms with Gasteiger partial charge in [0.2, 0.25) is 0 Å². The van der Waals surface area contributed by atoms with Gasteiger partial charge in [-0.25, -0.2) is 4.79 Å². The number of benzene rings is 1. The maximum Gasteiger partial charge on any atom is 0.338 e. The first kappa shape index (κ1) is 24.3. The summed E-state index contributed by atoms with van der Waals surface area (Å²) in [6.45, 7) is 1.05. The van der Waals surface area contributed by atoms with Crippen LogP contribution in [-0.4, -0.2) is 39.2 Å². The van der Waals surface area contributed by atoms with E-state index < -0.39 is 0 Å². The molecule has 1 aromatic rings. The van der Waals surface area contributed by atoms with Crippen molar-refractivity contribution < 1.29 is 19.1 Å². The monoisotopic (exact) mass is 441 g/mol. The highest BCUT2D eigenvalue weighted by atomic mass is 16.5. The number of ether oxygens (including phenoxy) is 2. The number of rotatable bonds is 14. The van der Waals surface area contributed by atoms with Crippen molar-refractivity contribution in [3.05, 3.63) is 42.0 Å². The van der Waals surface area contributed by atoms with Crippen LogP contribution >= 0.6 is 0 Å². The maximum atomic E-state index is 12.2. The van der Waals surface area contributed by atoms with E-state index in [1.807, 2.05) is 43.3 Å². The van der Waals surface area contributed by atoms with Crippen LogP contribution in [0.1, 0.15) is 74.6 Å². The van der Waals surface area contributed by atoms with Crippen molar-refractivity contribution in [2.75, 3.05) is 32.2 Å². The molecule has 0 aliphatic heterocycles. The average molecular weight is 442 g/mol. The molecule has 0 amide bonds. The Bertz CT molecular complexity index is 755. The average Bonchev–Trinajstić information content (AvgIpc) is 3.43. The molecule has 0 spiro atoms. The Morgan fingerprint density at radius 2 is 1.41 bits per heavy atom. The second-order valence-corrected chi connectivity index (χ2v) is 9.46. The first-order chi connectivity index (χ1) is 15.5. The molecule has 3 rings (SSSR count). The normalized spacial score (nSPS) is 21.0. The number of carbonyl (C=O) groups excluding carboxylic acids is 2. The summed E-state index contributed by atoms with van der Waals surface area (Å²) in [6.07, 6.45) is 15.4. The second-order valence-electron chi connectivity index (χ2n) is 9.46. The number of hydrogen-bond donors (Lipinski definition) is 0. The lowest BCUT2D eigenvalue weighted by atomic mass is 9.94. The number of anilines is 1. The SMILES string of the molecule is CN(C)c1ccc(C(=O)OCCCCCCCCCCOC(=O)[C@H]2C[C@@H]3C=C[C@H]2C3)cc1. The van der Waals surface area contributed by atoms with E-state index in [2.05, 4.69) is 12.2 Å². The molecule has 0 heterocycles. The van der Waals surface area contributed by atoms with Gasteiger partial charge in [0.15, 0.2) is 0 Å². The largest absolute Gasteiger partial charge is 0.465 e. The van der Waals surface area contributed by atoms with Crippen LogP contribution in [0.3, 0.4) is 0 Å². The van der Waals surface area contributed by atoms with Gasteiger partial charge < -0.3 is 14.4 Å². The van der Waals surface area contributed by atoms with Crippen LogP contribution in [0.2, 0.25) is 0 Å². The number of fused-ring (bicyclic) bond motifs is 2. The molecule has 0 aromatic heterocycles. The Morgan fingerprint density at radius 3 is 1.94 bits per heavy atom. The van der Waals surface area contributed by atoms with Crippen molar-refractivity contribution in [1.82, 2.24) is 0 Å². The third-order valence-electron chi connectivity index (χ3n) is 6.72. The van der Waals surface area contributed by atoms with Gasteiger partial charge in [0.1, 0.15) is 0 Å². The van der Waals surface area contributed by atoms with Gasteiger partial charge in [-0.05, 0) is 61.8 Å². The summed E-state index contributed by atoms with van der Waals surface area (Å²) in [6, 6.07) is 7.48. The van der Waals surface area contributed by atoms with Crippen molar-refractivity contribution in [2.45, 2.75) is 64.2 Å². The molecule has 5 nitrogen and oxygen atoms in total. The standard InChI is InChI=1S/C27H39NO4/c1-28(2)24-15-13-22(14-16-24)26(29)31-17-9-7-5-3-4-6-8-10-18-32-27(30)25-20-21-11-12-23(25)19-21/h11-16,21,23,25H,3-10,17-20H2,1-2H3/t21-,23+,25+/m1/s1. The number of esters is 2. The van der Waals surface area contributed by atoms with E-state index in [1.165, 1.54) is 25.7 Å². The molecule has 2 bridgehead atoms. The fourth-order valence-corrected chi connectivity index (χ4v) is 4.74. The van der Waals surface area contributed by atoms with Crippen molar-refractivity contribution in [3.63, 3.8) is 0 Å². The topological polar surface area (TPSA) is 55.8 Å². The molecule has 2 aliphatic rings. The molecule has 3 atom stereocenters. The van der Waals surface area contributed by atoms with Gasteiger partial charge in [-0.1, -0.05) is 50.7 Å². The van der Waals surface area contributed by atoms with E-state index in [9.17, 15) is 9.59 Å². The molecular weight excluding hydrogens is 402 g/mol. The summed E-state index contributed by atoms with van der Waals surface area (Å²) in [5, 5.41) is 0. The molecule has 1 fully saturated rings. The summed E-state index contributed by atoms with van der Waals surface area (Å²) >= 11 is 0. The van der Waals surface area contributed by atoms with E-state index in [4.69, 9.17) is 9.47 Å². The van der Waals surface area contributed by atoms with E-state index in [1.54, 1.807) is 0 Å². The highest BCUT2D eigenvalue weighted by Gasteiger charge is 2.40. The Kier molecular flexibility index (Phi) is 9.63. The smallest absolute Gasteiger partial charge is 0.338 e. The lowest BCUT2D eigenvalue weighted by Gasteiger charge is -2.16. The minimum absolute atomic E-state index is 0.0214. The second kappa shape index (κ2) is 12.7. The number of hydrogen-bond acceptors (Lipinski definition) is 5. The fourth-order valence-electron chi connectivity index (χ4n) is 4.74. The molecule has 0 radical (unpaired) electrons. The molecule has 0 unspecified atom stereocenters. The zero-order valence-electron chi connectivity index (χ0n) is 19.8.